The average Bonchev–Trinajstić information content (AvgIpc) is 3.17. The molecule has 4 aromatic rings. The molecule has 6 heteroatoms. The van der Waals surface area contributed by atoms with Crippen molar-refractivity contribution in [1.29, 1.82) is 0 Å². The molecule has 1 aliphatic rings. The molecule has 0 N–H and O–H groups in total. The fourth-order valence-electron chi connectivity index (χ4n) is 4.26. The zero-order valence-electron chi connectivity index (χ0n) is 19.0. The summed E-state index contributed by atoms with van der Waals surface area (Å²) in [7, 11) is 0. The number of thiophene rings is 1. The maximum Gasteiger partial charge on any atom is 0.267 e. The SMILES string of the molecule is C=C(C)CSc1nc2sc3c(c2c(=O)n1-c1ccc(C)cc1)CCN(Cc1ccccc1)C3. The number of nitrogens with zero attached hydrogens (tertiary/aromatic N) is 3. The Hall–Kier alpha value is -2.67. The summed E-state index contributed by atoms with van der Waals surface area (Å²) in [6.07, 6.45) is 0.880. The summed E-state index contributed by atoms with van der Waals surface area (Å²) in [6, 6.07) is 18.7. The summed E-state index contributed by atoms with van der Waals surface area (Å²) < 4.78 is 1.79. The van der Waals surface area contributed by atoms with Gasteiger partial charge in [-0.3, -0.25) is 14.3 Å². The molecule has 5 rings (SSSR count). The highest BCUT2D eigenvalue weighted by Crippen LogP contribution is 2.35. The van der Waals surface area contributed by atoms with Gasteiger partial charge in [-0.15, -0.1) is 11.3 Å². The summed E-state index contributed by atoms with van der Waals surface area (Å²) in [5, 5.41) is 1.54. The molecule has 168 valence electrons. The second-order valence-electron chi connectivity index (χ2n) is 8.75. The molecule has 0 amide bonds. The first-order chi connectivity index (χ1) is 16.0. The fraction of sp³-hybridized carbons (Fsp3) is 0.259. The van der Waals surface area contributed by atoms with Crippen LogP contribution in [-0.2, 0) is 19.5 Å². The van der Waals surface area contributed by atoms with E-state index < -0.39 is 0 Å². The molecule has 0 fully saturated rings. The minimum absolute atomic E-state index is 0.0436. The lowest BCUT2D eigenvalue weighted by Crippen LogP contribution is -2.30. The van der Waals surface area contributed by atoms with E-state index in [-0.39, 0.29) is 5.56 Å². The second kappa shape index (κ2) is 9.29. The van der Waals surface area contributed by atoms with Crippen LogP contribution in [0.3, 0.4) is 0 Å². The third kappa shape index (κ3) is 4.56. The van der Waals surface area contributed by atoms with E-state index in [0.29, 0.717) is 0 Å². The average molecular weight is 474 g/mol. The standard InChI is InChI=1S/C27H27N3OS2/c1-18(2)17-32-27-28-25-24(26(31)30(27)21-11-9-19(3)10-12-21)22-13-14-29(16-23(22)33-25)15-20-7-5-4-6-8-20/h4-12H,1,13-17H2,2-3H3. The van der Waals surface area contributed by atoms with Crippen LogP contribution in [0.4, 0.5) is 0 Å². The van der Waals surface area contributed by atoms with Gasteiger partial charge >= 0.3 is 0 Å². The zero-order chi connectivity index (χ0) is 22.9. The highest BCUT2D eigenvalue weighted by atomic mass is 32.2. The number of benzene rings is 2. The van der Waals surface area contributed by atoms with Gasteiger partial charge in [-0.1, -0.05) is 71.9 Å². The first-order valence-electron chi connectivity index (χ1n) is 11.2. The van der Waals surface area contributed by atoms with Gasteiger partial charge in [0.1, 0.15) is 4.83 Å². The van der Waals surface area contributed by atoms with Crippen LogP contribution in [-0.4, -0.2) is 26.7 Å². The molecule has 0 saturated heterocycles. The third-order valence-corrected chi connectivity index (χ3v) is 8.19. The van der Waals surface area contributed by atoms with Crippen LogP contribution in [0, 0.1) is 6.92 Å². The van der Waals surface area contributed by atoms with Crippen LogP contribution in [0.15, 0.2) is 76.7 Å². The van der Waals surface area contributed by atoms with Gasteiger partial charge in [0.2, 0.25) is 0 Å². The summed E-state index contributed by atoms with van der Waals surface area (Å²) >= 11 is 3.26. The van der Waals surface area contributed by atoms with Crippen LogP contribution in [0.2, 0.25) is 0 Å². The van der Waals surface area contributed by atoms with Crippen LogP contribution in [0.5, 0.6) is 0 Å². The van der Waals surface area contributed by atoms with E-state index in [2.05, 4.69) is 48.7 Å². The molecule has 0 spiro atoms. The van der Waals surface area contributed by atoms with Gasteiger partial charge in [0, 0.05) is 30.3 Å². The van der Waals surface area contributed by atoms with Gasteiger partial charge in [0.15, 0.2) is 5.16 Å². The Morgan fingerprint density at radius 1 is 1.15 bits per heavy atom. The van der Waals surface area contributed by atoms with Crippen molar-refractivity contribution in [3.8, 4) is 5.69 Å². The summed E-state index contributed by atoms with van der Waals surface area (Å²) in [5.41, 5.74) is 5.65. The molecule has 1 aliphatic heterocycles. The predicted octanol–water partition coefficient (Wildman–Crippen LogP) is 5.98. The number of aryl methyl sites for hydroxylation is 1. The van der Waals surface area contributed by atoms with Crippen molar-refractivity contribution < 1.29 is 0 Å². The molecule has 33 heavy (non-hydrogen) atoms. The van der Waals surface area contributed by atoms with Gasteiger partial charge in [0.25, 0.3) is 5.56 Å². The number of hydrogen-bond donors (Lipinski definition) is 0. The van der Waals surface area contributed by atoms with Crippen LogP contribution in [0.1, 0.15) is 28.5 Å². The lowest BCUT2D eigenvalue weighted by molar-refractivity contribution is 0.249. The first-order valence-corrected chi connectivity index (χ1v) is 13.0. The Morgan fingerprint density at radius 3 is 2.64 bits per heavy atom. The largest absolute Gasteiger partial charge is 0.294 e. The fourth-order valence-corrected chi connectivity index (χ4v) is 6.42. The van der Waals surface area contributed by atoms with Crippen molar-refractivity contribution in [3.63, 3.8) is 0 Å². The van der Waals surface area contributed by atoms with E-state index >= 15 is 0 Å². The summed E-state index contributed by atoms with van der Waals surface area (Å²) in [6.45, 7) is 10.8. The van der Waals surface area contributed by atoms with E-state index in [1.54, 1.807) is 27.7 Å². The van der Waals surface area contributed by atoms with Gasteiger partial charge < -0.3 is 0 Å². The van der Waals surface area contributed by atoms with Crippen molar-refractivity contribution in [2.45, 2.75) is 38.5 Å². The van der Waals surface area contributed by atoms with Crippen molar-refractivity contribution >= 4 is 33.3 Å². The van der Waals surface area contributed by atoms with Gasteiger partial charge in [-0.05, 0) is 43.5 Å². The van der Waals surface area contributed by atoms with Crippen molar-refractivity contribution in [1.82, 2.24) is 14.5 Å². The molecule has 0 saturated carbocycles. The Morgan fingerprint density at radius 2 is 1.91 bits per heavy atom. The highest BCUT2D eigenvalue weighted by molar-refractivity contribution is 7.99. The van der Waals surface area contributed by atoms with Gasteiger partial charge in [0.05, 0.1) is 11.1 Å². The molecular formula is C27H27N3OS2. The van der Waals surface area contributed by atoms with E-state index in [0.717, 1.165) is 58.4 Å². The smallest absolute Gasteiger partial charge is 0.267 e. The normalized spacial score (nSPS) is 13.9. The Kier molecular flexibility index (Phi) is 6.23. The maximum atomic E-state index is 13.9. The van der Waals surface area contributed by atoms with Crippen molar-refractivity contribution in [2.24, 2.45) is 0 Å². The van der Waals surface area contributed by atoms with E-state index in [1.165, 1.54) is 21.6 Å². The Bertz CT molecular complexity index is 1370. The summed E-state index contributed by atoms with van der Waals surface area (Å²) in [4.78, 5) is 23.5. The van der Waals surface area contributed by atoms with Gasteiger partial charge in [-0.25, -0.2) is 4.98 Å². The molecule has 0 radical (unpaired) electrons. The monoisotopic (exact) mass is 473 g/mol. The molecule has 0 unspecified atom stereocenters. The van der Waals surface area contributed by atoms with Crippen LogP contribution in [0.25, 0.3) is 15.9 Å². The minimum atomic E-state index is 0.0436. The quantitative estimate of drug-likeness (QED) is 0.196. The zero-order valence-corrected chi connectivity index (χ0v) is 20.6. The summed E-state index contributed by atoms with van der Waals surface area (Å²) in [5.74, 6) is 0.736. The van der Waals surface area contributed by atoms with Crippen molar-refractivity contribution in [3.05, 3.63) is 98.7 Å². The lowest BCUT2D eigenvalue weighted by Gasteiger charge is -2.26. The van der Waals surface area contributed by atoms with Crippen LogP contribution >= 0.6 is 23.1 Å². The molecule has 0 aliphatic carbocycles. The number of aromatic nitrogens is 2. The lowest BCUT2D eigenvalue weighted by atomic mass is 10.0. The van der Waals surface area contributed by atoms with E-state index in [1.807, 2.05) is 31.2 Å². The maximum absolute atomic E-state index is 13.9. The first kappa shape index (κ1) is 22.1. The van der Waals surface area contributed by atoms with E-state index in [4.69, 9.17) is 4.98 Å². The second-order valence-corrected chi connectivity index (χ2v) is 10.8. The van der Waals surface area contributed by atoms with Gasteiger partial charge in [-0.2, -0.15) is 0 Å². The molecule has 0 atom stereocenters. The minimum Gasteiger partial charge on any atom is -0.294 e. The molecule has 2 aromatic carbocycles. The Balaban J connectivity index is 1.57. The predicted molar refractivity (Wildman–Crippen MR) is 140 cm³/mol. The molecule has 2 aromatic heterocycles. The van der Waals surface area contributed by atoms with E-state index in [9.17, 15) is 4.79 Å². The molecular weight excluding hydrogens is 446 g/mol. The number of rotatable bonds is 6. The number of fused-ring (bicyclic) bond motifs is 3. The highest BCUT2D eigenvalue weighted by Gasteiger charge is 2.25. The molecule has 0 bridgehead atoms. The Labute approximate surface area is 202 Å². The molecule has 3 heterocycles. The number of hydrogen-bond acceptors (Lipinski definition) is 5. The van der Waals surface area contributed by atoms with Crippen LogP contribution < -0.4 is 5.56 Å². The topological polar surface area (TPSA) is 38.1 Å². The number of thioether (sulfide) groups is 1. The molecule has 4 nitrogen and oxygen atoms in total. The third-order valence-electron chi connectivity index (χ3n) is 5.91. The van der Waals surface area contributed by atoms with Crippen molar-refractivity contribution in [2.75, 3.05) is 12.3 Å².